The summed E-state index contributed by atoms with van der Waals surface area (Å²) in [5.74, 6) is -2.79. The molecule has 0 saturated carbocycles. The molecule has 4 aromatic rings. The second-order valence-corrected chi connectivity index (χ2v) is 8.56. The Morgan fingerprint density at radius 3 is 1.40 bits per heavy atom. The second kappa shape index (κ2) is 7.85. The minimum atomic E-state index is -2.54. The lowest BCUT2D eigenvalue weighted by Crippen LogP contribution is -2.50. The van der Waals surface area contributed by atoms with E-state index in [1.54, 1.807) is 22.9 Å². The largest absolute Gasteiger partial charge is 0.372 e. The van der Waals surface area contributed by atoms with Crippen LogP contribution in [-0.4, -0.2) is 16.0 Å². The average Bonchev–Trinajstić information content (AvgIpc) is 3.47. The van der Waals surface area contributed by atoms with Crippen molar-refractivity contribution in [2.45, 2.75) is 11.2 Å². The molecule has 2 aromatic heterocycles. The predicted octanol–water partition coefficient (Wildman–Crippen LogP) is 4.83. The molecular formula is C23H16F2O3S2. The molecule has 0 radical (unpaired) electrons. The van der Waals surface area contributed by atoms with Crippen molar-refractivity contribution >= 4 is 28.5 Å². The molecule has 2 unspecified atom stereocenters. The van der Waals surface area contributed by atoms with Crippen LogP contribution in [0.15, 0.2) is 83.6 Å². The van der Waals surface area contributed by atoms with Crippen LogP contribution in [-0.2, 0) is 16.0 Å². The first-order valence-electron chi connectivity index (χ1n) is 8.97. The summed E-state index contributed by atoms with van der Waals surface area (Å²) in [4.78, 5) is 14.2. The van der Waals surface area contributed by atoms with Gasteiger partial charge in [0.15, 0.2) is 11.2 Å². The fourth-order valence-corrected chi connectivity index (χ4v) is 5.14. The van der Waals surface area contributed by atoms with Gasteiger partial charge >= 0.3 is 0 Å². The highest BCUT2D eigenvalue weighted by molar-refractivity contribution is 7.10. The predicted molar refractivity (Wildman–Crippen MR) is 112 cm³/mol. The number of halogens is 2. The normalized spacial score (nSPS) is 15.3. The molecule has 2 N–H and O–H groups in total. The van der Waals surface area contributed by atoms with Crippen molar-refractivity contribution in [2.24, 2.45) is 0 Å². The molecule has 30 heavy (non-hydrogen) atoms. The summed E-state index contributed by atoms with van der Waals surface area (Å²) >= 11 is 2.07. The zero-order valence-corrected chi connectivity index (χ0v) is 17.1. The van der Waals surface area contributed by atoms with Crippen LogP contribution < -0.4 is 0 Å². The van der Waals surface area contributed by atoms with Gasteiger partial charge in [-0.05, 0) is 35.0 Å². The quantitative estimate of drug-likeness (QED) is 0.450. The van der Waals surface area contributed by atoms with Crippen molar-refractivity contribution in [2.75, 3.05) is 0 Å². The number of hydrogen-bond acceptors (Lipinski definition) is 5. The van der Waals surface area contributed by atoms with E-state index in [0.29, 0.717) is 0 Å². The average molecular weight is 443 g/mol. The van der Waals surface area contributed by atoms with Gasteiger partial charge in [0.2, 0.25) is 5.78 Å². The Bertz CT molecular complexity index is 1080. The molecule has 2 heterocycles. The highest BCUT2D eigenvalue weighted by Gasteiger charge is 2.55. The van der Waals surface area contributed by atoms with Crippen molar-refractivity contribution < 1.29 is 23.8 Å². The van der Waals surface area contributed by atoms with Crippen LogP contribution in [0.2, 0.25) is 0 Å². The minimum absolute atomic E-state index is 0.115. The molecule has 0 spiro atoms. The lowest BCUT2D eigenvalue weighted by molar-refractivity contribution is -0.151. The van der Waals surface area contributed by atoms with E-state index in [1.165, 1.54) is 48.5 Å². The van der Waals surface area contributed by atoms with Crippen LogP contribution in [0.1, 0.15) is 20.9 Å². The summed E-state index contributed by atoms with van der Waals surface area (Å²) in [6, 6.07) is 16.8. The molecule has 4 rings (SSSR count). The van der Waals surface area contributed by atoms with Gasteiger partial charge in [-0.1, -0.05) is 48.5 Å². The number of aliphatic hydroxyl groups is 2. The number of hydrogen-bond donors (Lipinski definition) is 2. The first kappa shape index (κ1) is 20.6. The van der Waals surface area contributed by atoms with Gasteiger partial charge in [0.05, 0.1) is 0 Å². The topological polar surface area (TPSA) is 57.5 Å². The third-order valence-corrected chi connectivity index (χ3v) is 6.90. The van der Waals surface area contributed by atoms with E-state index in [2.05, 4.69) is 0 Å². The molecule has 2 aromatic carbocycles. The molecule has 0 amide bonds. The van der Waals surface area contributed by atoms with Crippen molar-refractivity contribution in [3.63, 3.8) is 0 Å². The molecule has 0 aliphatic heterocycles. The van der Waals surface area contributed by atoms with Gasteiger partial charge in [-0.25, -0.2) is 8.78 Å². The Hall–Kier alpha value is -2.71. The van der Waals surface area contributed by atoms with E-state index in [0.717, 1.165) is 34.8 Å². The van der Waals surface area contributed by atoms with E-state index in [4.69, 9.17) is 0 Å². The van der Waals surface area contributed by atoms with Crippen LogP contribution in [0.3, 0.4) is 0 Å². The summed E-state index contributed by atoms with van der Waals surface area (Å²) < 4.78 is 29.6. The van der Waals surface area contributed by atoms with Crippen molar-refractivity contribution in [3.8, 4) is 0 Å². The molecule has 2 atom stereocenters. The maximum absolute atomic E-state index is 14.8. The Morgan fingerprint density at radius 1 is 0.667 bits per heavy atom. The number of benzene rings is 2. The number of rotatable bonds is 6. The first-order valence-corrected chi connectivity index (χ1v) is 10.7. The third kappa shape index (κ3) is 3.11. The van der Waals surface area contributed by atoms with Gasteiger partial charge in [-0.3, -0.25) is 4.79 Å². The zero-order valence-electron chi connectivity index (χ0n) is 15.5. The Labute approximate surface area is 179 Å². The molecule has 0 aliphatic rings. The maximum Gasteiger partial charge on any atom is 0.216 e. The van der Waals surface area contributed by atoms with Gasteiger partial charge in [-0.15, -0.1) is 22.7 Å². The summed E-state index contributed by atoms with van der Waals surface area (Å²) in [5, 5.41) is 26.7. The number of Topliss-reactive ketones (excluding diaryl/α,β-unsaturated/α-hetero) is 1. The van der Waals surface area contributed by atoms with Gasteiger partial charge in [-0.2, -0.15) is 0 Å². The monoisotopic (exact) mass is 442 g/mol. The van der Waals surface area contributed by atoms with Crippen LogP contribution in [0.4, 0.5) is 8.78 Å². The first-order chi connectivity index (χ1) is 14.4. The third-order valence-electron chi connectivity index (χ3n) is 4.94. The Morgan fingerprint density at radius 2 is 1.07 bits per heavy atom. The molecule has 3 nitrogen and oxygen atoms in total. The maximum atomic E-state index is 14.8. The molecule has 7 heteroatoms. The number of thiophene rings is 2. The van der Waals surface area contributed by atoms with E-state index in [-0.39, 0.29) is 20.9 Å². The molecule has 0 saturated heterocycles. The highest BCUT2D eigenvalue weighted by Crippen LogP contribution is 2.45. The van der Waals surface area contributed by atoms with Gasteiger partial charge < -0.3 is 10.2 Å². The van der Waals surface area contributed by atoms with Crippen molar-refractivity contribution in [3.05, 3.63) is 116 Å². The SMILES string of the molecule is O=C(C(O)(c1cccs1)c1ccccc1F)C(O)(c1cccs1)c1ccccc1F. The number of ketones is 1. The fraction of sp³-hybridized carbons (Fsp3) is 0.0870. The zero-order chi connectivity index (χ0) is 21.4. The Kier molecular flexibility index (Phi) is 5.38. The summed E-state index contributed by atoms with van der Waals surface area (Å²) in [6.07, 6.45) is 0. The standard InChI is InChI=1S/C23H16F2O3S2/c24-17-9-3-1-7-15(17)22(27,19-11-5-13-29-19)21(26)23(28,20-12-6-14-30-20)16-8-2-4-10-18(16)25/h1-14,27-28H. The molecule has 0 bridgehead atoms. The van der Waals surface area contributed by atoms with Crippen LogP contribution in [0, 0.1) is 11.6 Å². The summed E-state index contributed by atoms with van der Waals surface area (Å²) in [5.41, 5.74) is -5.71. The van der Waals surface area contributed by atoms with Gasteiger partial charge in [0.1, 0.15) is 11.6 Å². The second-order valence-electron chi connectivity index (χ2n) is 6.66. The van der Waals surface area contributed by atoms with E-state index < -0.39 is 28.6 Å². The van der Waals surface area contributed by atoms with Crippen LogP contribution in [0.25, 0.3) is 0 Å². The van der Waals surface area contributed by atoms with E-state index in [9.17, 15) is 23.8 Å². The van der Waals surface area contributed by atoms with E-state index >= 15 is 0 Å². The van der Waals surface area contributed by atoms with Crippen molar-refractivity contribution in [1.82, 2.24) is 0 Å². The van der Waals surface area contributed by atoms with Crippen LogP contribution >= 0.6 is 22.7 Å². The fourth-order valence-electron chi connectivity index (χ4n) is 3.47. The molecule has 0 fully saturated rings. The van der Waals surface area contributed by atoms with Crippen molar-refractivity contribution in [1.29, 1.82) is 0 Å². The van der Waals surface area contributed by atoms with Gasteiger partial charge in [0.25, 0.3) is 0 Å². The van der Waals surface area contributed by atoms with Gasteiger partial charge in [0, 0.05) is 20.9 Å². The molecular weight excluding hydrogens is 426 g/mol. The minimum Gasteiger partial charge on any atom is -0.372 e. The number of carbonyl (C=O) groups excluding carboxylic acids is 1. The molecule has 152 valence electrons. The Balaban J connectivity index is 2.02. The lowest BCUT2D eigenvalue weighted by Gasteiger charge is -2.35. The summed E-state index contributed by atoms with van der Waals surface area (Å²) in [7, 11) is 0. The van der Waals surface area contributed by atoms with Crippen LogP contribution in [0.5, 0.6) is 0 Å². The highest BCUT2D eigenvalue weighted by atomic mass is 32.1. The van der Waals surface area contributed by atoms with E-state index in [1.807, 2.05) is 0 Å². The lowest BCUT2D eigenvalue weighted by atomic mass is 9.75. The molecule has 0 aliphatic carbocycles. The summed E-state index contributed by atoms with van der Waals surface area (Å²) in [6.45, 7) is 0. The smallest absolute Gasteiger partial charge is 0.216 e. The number of carbonyl (C=O) groups is 1.